The molecule has 0 radical (unpaired) electrons. The fourth-order valence-electron chi connectivity index (χ4n) is 3.78. The Morgan fingerprint density at radius 2 is 2.27 bits per heavy atom. The van der Waals surface area contributed by atoms with Crippen LogP contribution in [0.4, 0.5) is 5.82 Å². The van der Waals surface area contributed by atoms with Gasteiger partial charge in [0.25, 0.3) is 0 Å². The van der Waals surface area contributed by atoms with Crippen LogP contribution in [0, 0.1) is 11.3 Å². The summed E-state index contributed by atoms with van der Waals surface area (Å²) in [6.07, 6.45) is 3.76. The van der Waals surface area contributed by atoms with Crippen LogP contribution in [0.3, 0.4) is 0 Å². The summed E-state index contributed by atoms with van der Waals surface area (Å²) in [5.74, 6) is 0.352. The number of aliphatic hydroxyl groups excluding tert-OH is 1. The molecule has 1 fully saturated rings. The first-order chi connectivity index (χ1) is 12.3. The Kier molecular flexibility index (Phi) is 5.34. The number of nitrogens with one attached hydrogen (secondary N) is 1. The average molecular weight is 362 g/mol. The van der Waals surface area contributed by atoms with Crippen LogP contribution in [0.5, 0.6) is 6.01 Å². The Morgan fingerprint density at radius 3 is 2.96 bits per heavy atom. The summed E-state index contributed by atoms with van der Waals surface area (Å²) in [6.45, 7) is 10.2. The monoisotopic (exact) mass is 362 g/mol. The molecule has 144 valence electrons. The summed E-state index contributed by atoms with van der Waals surface area (Å²) in [5.41, 5.74) is 7.09. The van der Waals surface area contributed by atoms with E-state index in [1.807, 2.05) is 6.92 Å². The van der Waals surface area contributed by atoms with Crippen LogP contribution in [0.1, 0.15) is 58.8 Å². The van der Waals surface area contributed by atoms with Crippen molar-refractivity contribution in [2.24, 2.45) is 11.3 Å². The van der Waals surface area contributed by atoms with Crippen molar-refractivity contribution in [3.63, 3.8) is 0 Å². The van der Waals surface area contributed by atoms with Crippen LogP contribution < -0.4 is 15.8 Å². The zero-order valence-corrected chi connectivity index (χ0v) is 16.1. The highest BCUT2D eigenvalue weighted by atomic mass is 16.5. The number of hydrogen-bond acceptors (Lipinski definition) is 7. The largest absolute Gasteiger partial charge is 0.459 e. The third-order valence-corrected chi connectivity index (χ3v) is 5.30. The molecule has 0 aliphatic carbocycles. The molecule has 3 atom stereocenters. The first-order valence-electron chi connectivity index (χ1n) is 9.40. The van der Waals surface area contributed by atoms with Gasteiger partial charge >= 0.3 is 6.01 Å². The predicted octanol–water partition coefficient (Wildman–Crippen LogP) is 1.94. The van der Waals surface area contributed by atoms with Crippen LogP contribution in [-0.2, 0) is 0 Å². The Bertz CT molecular complexity index is 759. The van der Waals surface area contributed by atoms with Crippen LogP contribution >= 0.6 is 0 Å². The van der Waals surface area contributed by atoms with Gasteiger partial charge in [0.1, 0.15) is 6.10 Å². The van der Waals surface area contributed by atoms with Gasteiger partial charge in [0, 0.05) is 6.54 Å². The SMILES string of the molecule is CCC[C@H](C)Oc1nc(N)c2ncc(C(O)C3CCNCC3(C)C)n2n1. The lowest BCUT2D eigenvalue weighted by atomic mass is 9.71. The van der Waals surface area contributed by atoms with Gasteiger partial charge in [-0.1, -0.05) is 27.2 Å². The van der Waals surface area contributed by atoms with Gasteiger partial charge in [0.2, 0.25) is 0 Å². The van der Waals surface area contributed by atoms with Crippen LogP contribution in [0.25, 0.3) is 5.65 Å². The van der Waals surface area contributed by atoms with Crippen molar-refractivity contribution >= 4 is 11.5 Å². The Labute approximate surface area is 154 Å². The number of nitrogens with zero attached hydrogens (tertiary/aromatic N) is 4. The first kappa shape index (κ1) is 18.8. The quantitative estimate of drug-likeness (QED) is 0.720. The van der Waals surface area contributed by atoms with Gasteiger partial charge in [0.15, 0.2) is 11.5 Å². The minimum Gasteiger partial charge on any atom is -0.459 e. The number of anilines is 1. The van der Waals surface area contributed by atoms with Gasteiger partial charge in [-0.25, -0.2) is 9.50 Å². The standard InChI is InChI=1S/C18H30N6O2/c1-5-6-11(2)26-17-22-15(19)16-21-9-13(24(16)23-17)14(25)12-7-8-20-10-18(12,3)4/h9,11-12,14,20,25H,5-8,10H2,1-4H3,(H2,19,22,23)/t11-,12?,14?/m0/s1. The molecule has 26 heavy (non-hydrogen) atoms. The Balaban J connectivity index is 1.94. The molecule has 2 unspecified atom stereocenters. The van der Waals surface area contributed by atoms with E-state index in [1.165, 1.54) is 0 Å². The van der Waals surface area contributed by atoms with E-state index in [4.69, 9.17) is 10.5 Å². The molecule has 0 spiro atoms. The molecule has 3 rings (SSSR count). The van der Waals surface area contributed by atoms with Gasteiger partial charge < -0.3 is 20.9 Å². The minimum absolute atomic E-state index is 0.00269. The molecule has 1 saturated heterocycles. The molecule has 0 saturated carbocycles. The van der Waals surface area contributed by atoms with Gasteiger partial charge in [-0.05, 0) is 37.6 Å². The summed E-state index contributed by atoms with van der Waals surface area (Å²) >= 11 is 0. The van der Waals surface area contributed by atoms with E-state index in [9.17, 15) is 5.11 Å². The number of ether oxygens (including phenoxy) is 1. The van der Waals surface area contributed by atoms with E-state index in [1.54, 1.807) is 10.7 Å². The molecular formula is C18H30N6O2. The van der Waals surface area contributed by atoms with Crippen LogP contribution in [-0.4, -0.2) is 43.9 Å². The van der Waals surface area contributed by atoms with Gasteiger partial charge in [-0.3, -0.25) is 0 Å². The maximum atomic E-state index is 11.1. The number of nitrogen functional groups attached to an aromatic ring is 1. The number of hydrogen-bond donors (Lipinski definition) is 3. The van der Waals surface area contributed by atoms with Crippen molar-refractivity contribution in [1.29, 1.82) is 0 Å². The average Bonchev–Trinajstić information content (AvgIpc) is 2.98. The third kappa shape index (κ3) is 3.61. The lowest BCUT2D eigenvalue weighted by Crippen LogP contribution is -2.45. The molecule has 4 N–H and O–H groups in total. The van der Waals surface area contributed by atoms with Crippen LogP contribution in [0.15, 0.2) is 6.20 Å². The lowest BCUT2D eigenvalue weighted by Gasteiger charge is -2.41. The molecule has 3 heterocycles. The Hall–Kier alpha value is -1.93. The number of aliphatic hydroxyl groups is 1. The highest BCUT2D eigenvalue weighted by Crippen LogP contribution is 2.40. The van der Waals surface area contributed by atoms with E-state index in [0.717, 1.165) is 32.4 Å². The van der Waals surface area contributed by atoms with Crippen molar-refractivity contribution < 1.29 is 9.84 Å². The van der Waals surface area contributed by atoms with Crippen molar-refractivity contribution in [2.45, 2.75) is 59.2 Å². The first-order valence-corrected chi connectivity index (χ1v) is 9.40. The third-order valence-electron chi connectivity index (χ3n) is 5.30. The maximum Gasteiger partial charge on any atom is 0.336 e. The van der Waals surface area contributed by atoms with Gasteiger partial charge in [-0.15, -0.1) is 5.10 Å². The second-order valence-electron chi connectivity index (χ2n) is 7.92. The Morgan fingerprint density at radius 1 is 1.50 bits per heavy atom. The minimum atomic E-state index is -0.683. The summed E-state index contributed by atoms with van der Waals surface area (Å²) in [6, 6.07) is 0.215. The number of imidazole rings is 1. The molecule has 0 aromatic carbocycles. The molecule has 2 aromatic heterocycles. The molecule has 8 nitrogen and oxygen atoms in total. The van der Waals surface area contributed by atoms with E-state index in [2.05, 4.69) is 41.2 Å². The van der Waals surface area contributed by atoms with Crippen molar-refractivity contribution in [1.82, 2.24) is 24.9 Å². The normalized spacial score (nSPS) is 22.3. The van der Waals surface area contributed by atoms with E-state index in [0.29, 0.717) is 11.3 Å². The molecule has 2 aromatic rings. The zero-order chi connectivity index (χ0) is 18.9. The topological polar surface area (TPSA) is 111 Å². The highest BCUT2D eigenvalue weighted by Gasteiger charge is 2.39. The molecule has 1 aliphatic heterocycles. The fraction of sp³-hybridized carbons (Fsp3) is 0.722. The summed E-state index contributed by atoms with van der Waals surface area (Å²) in [5, 5.41) is 18.9. The molecular weight excluding hydrogens is 332 g/mol. The smallest absolute Gasteiger partial charge is 0.336 e. The number of aromatic nitrogens is 4. The lowest BCUT2D eigenvalue weighted by molar-refractivity contribution is 0.00877. The fourth-order valence-corrected chi connectivity index (χ4v) is 3.78. The van der Waals surface area contributed by atoms with Crippen molar-refractivity contribution in [3.05, 3.63) is 11.9 Å². The van der Waals surface area contributed by atoms with Crippen molar-refractivity contribution in [3.8, 4) is 6.01 Å². The van der Waals surface area contributed by atoms with Gasteiger partial charge in [-0.2, -0.15) is 4.98 Å². The van der Waals surface area contributed by atoms with E-state index < -0.39 is 6.10 Å². The number of rotatable bonds is 6. The van der Waals surface area contributed by atoms with E-state index in [-0.39, 0.29) is 29.3 Å². The molecule has 8 heteroatoms. The second kappa shape index (κ2) is 7.36. The molecule has 0 amide bonds. The predicted molar refractivity (Wildman–Crippen MR) is 99.9 cm³/mol. The summed E-state index contributed by atoms with van der Waals surface area (Å²) < 4.78 is 7.37. The number of fused-ring (bicyclic) bond motifs is 1. The number of nitrogens with two attached hydrogens (primary N) is 1. The van der Waals surface area contributed by atoms with Crippen molar-refractivity contribution in [2.75, 3.05) is 18.8 Å². The second-order valence-corrected chi connectivity index (χ2v) is 7.92. The highest BCUT2D eigenvalue weighted by molar-refractivity contribution is 5.59. The maximum absolute atomic E-state index is 11.1. The number of piperidine rings is 1. The molecule has 1 aliphatic rings. The molecule has 0 bridgehead atoms. The van der Waals surface area contributed by atoms with Crippen LogP contribution in [0.2, 0.25) is 0 Å². The summed E-state index contributed by atoms with van der Waals surface area (Å²) in [4.78, 5) is 8.53. The van der Waals surface area contributed by atoms with E-state index >= 15 is 0 Å². The summed E-state index contributed by atoms with van der Waals surface area (Å²) in [7, 11) is 0. The van der Waals surface area contributed by atoms with Gasteiger partial charge in [0.05, 0.1) is 18.0 Å². The zero-order valence-electron chi connectivity index (χ0n) is 16.1.